The van der Waals surface area contributed by atoms with Gasteiger partial charge in [-0.1, -0.05) is 45.7 Å². The number of aryl methyl sites for hydroxylation is 1. The summed E-state index contributed by atoms with van der Waals surface area (Å²) in [5.41, 5.74) is 4.04. The van der Waals surface area contributed by atoms with Crippen molar-refractivity contribution in [1.29, 1.82) is 0 Å². The normalized spacial score (nSPS) is 10.8. The largest absolute Gasteiger partial charge is 0.310 e. The average Bonchev–Trinajstić information content (AvgIpc) is 2.95. The fourth-order valence-electron chi connectivity index (χ4n) is 2.71. The van der Waals surface area contributed by atoms with Gasteiger partial charge >= 0.3 is 0 Å². The van der Waals surface area contributed by atoms with Crippen molar-refractivity contribution in [2.45, 2.75) is 13.8 Å². The SMILES string of the molecule is Cc1ccccc1-n1ncc(C(=O)N(C)c2ccc(Br)cc2Cl)c1C. The van der Waals surface area contributed by atoms with E-state index in [-0.39, 0.29) is 5.91 Å². The van der Waals surface area contributed by atoms with Gasteiger partial charge in [0.25, 0.3) is 5.91 Å². The molecule has 0 unspecified atom stereocenters. The zero-order valence-electron chi connectivity index (χ0n) is 14.1. The maximum Gasteiger partial charge on any atom is 0.261 e. The van der Waals surface area contributed by atoms with Crippen molar-refractivity contribution < 1.29 is 4.79 Å². The Morgan fingerprint density at radius 3 is 2.60 bits per heavy atom. The van der Waals surface area contributed by atoms with E-state index >= 15 is 0 Å². The molecule has 1 heterocycles. The first-order valence-electron chi connectivity index (χ1n) is 7.74. The summed E-state index contributed by atoms with van der Waals surface area (Å²) in [5.74, 6) is -0.151. The molecule has 0 atom stereocenters. The molecule has 0 N–H and O–H groups in total. The molecule has 1 amide bonds. The first-order valence-corrected chi connectivity index (χ1v) is 8.91. The molecular weight excluding hydrogens is 402 g/mol. The molecule has 0 saturated heterocycles. The second kappa shape index (κ2) is 7.02. The Balaban J connectivity index is 1.97. The summed E-state index contributed by atoms with van der Waals surface area (Å²) < 4.78 is 2.66. The molecule has 128 valence electrons. The Bertz CT molecular complexity index is 952. The zero-order valence-corrected chi connectivity index (χ0v) is 16.5. The van der Waals surface area contributed by atoms with Gasteiger partial charge in [-0.3, -0.25) is 4.79 Å². The summed E-state index contributed by atoms with van der Waals surface area (Å²) in [6, 6.07) is 13.4. The van der Waals surface area contributed by atoms with E-state index in [2.05, 4.69) is 21.0 Å². The van der Waals surface area contributed by atoms with Crippen molar-refractivity contribution in [3.8, 4) is 5.69 Å². The van der Waals surface area contributed by atoms with Crippen LogP contribution in [0.2, 0.25) is 5.02 Å². The molecule has 3 aromatic rings. The molecule has 6 heteroatoms. The second-order valence-corrected chi connectivity index (χ2v) is 7.12. The van der Waals surface area contributed by atoms with Gasteiger partial charge in [0, 0.05) is 11.5 Å². The number of rotatable bonds is 3. The Morgan fingerprint density at radius 1 is 1.20 bits per heavy atom. The minimum absolute atomic E-state index is 0.151. The first kappa shape index (κ1) is 17.7. The van der Waals surface area contributed by atoms with Crippen LogP contribution < -0.4 is 4.90 Å². The quantitative estimate of drug-likeness (QED) is 0.587. The van der Waals surface area contributed by atoms with Gasteiger partial charge in [-0.15, -0.1) is 0 Å². The van der Waals surface area contributed by atoms with Gasteiger partial charge in [0.2, 0.25) is 0 Å². The molecule has 4 nitrogen and oxygen atoms in total. The molecule has 0 aliphatic carbocycles. The third kappa shape index (κ3) is 3.34. The number of anilines is 1. The smallest absolute Gasteiger partial charge is 0.261 e. The summed E-state index contributed by atoms with van der Waals surface area (Å²) >= 11 is 9.65. The molecule has 0 aliphatic heterocycles. The van der Waals surface area contributed by atoms with Crippen LogP contribution in [0.15, 0.2) is 53.1 Å². The van der Waals surface area contributed by atoms with Crippen LogP contribution in [0.3, 0.4) is 0 Å². The molecule has 0 radical (unpaired) electrons. The first-order chi connectivity index (χ1) is 11.9. The predicted molar refractivity (Wildman–Crippen MR) is 105 cm³/mol. The van der Waals surface area contributed by atoms with Gasteiger partial charge in [0.1, 0.15) is 0 Å². The van der Waals surface area contributed by atoms with Crippen LogP contribution in [0, 0.1) is 13.8 Å². The molecule has 0 spiro atoms. The monoisotopic (exact) mass is 417 g/mol. The average molecular weight is 419 g/mol. The van der Waals surface area contributed by atoms with Crippen molar-refractivity contribution in [2.24, 2.45) is 0 Å². The highest BCUT2D eigenvalue weighted by Gasteiger charge is 2.21. The maximum absolute atomic E-state index is 12.9. The maximum atomic E-state index is 12.9. The van der Waals surface area contributed by atoms with Crippen molar-refractivity contribution in [1.82, 2.24) is 9.78 Å². The summed E-state index contributed by atoms with van der Waals surface area (Å²) in [6.07, 6.45) is 1.60. The lowest BCUT2D eigenvalue weighted by molar-refractivity contribution is 0.0992. The van der Waals surface area contributed by atoms with Crippen LogP contribution in [0.1, 0.15) is 21.6 Å². The topological polar surface area (TPSA) is 38.1 Å². The summed E-state index contributed by atoms with van der Waals surface area (Å²) in [7, 11) is 1.71. The van der Waals surface area contributed by atoms with Crippen LogP contribution in [0.5, 0.6) is 0 Å². The van der Waals surface area contributed by atoms with E-state index in [0.29, 0.717) is 16.3 Å². The van der Waals surface area contributed by atoms with Crippen molar-refractivity contribution in [3.63, 3.8) is 0 Å². The van der Waals surface area contributed by atoms with E-state index in [1.54, 1.807) is 28.9 Å². The van der Waals surface area contributed by atoms with E-state index in [1.807, 2.05) is 50.2 Å². The summed E-state index contributed by atoms with van der Waals surface area (Å²) in [5, 5.41) is 4.92. The molecule has 0 fully saturated rings. The molecular formula is C19H17BrClN3O. The van der Waals surface area contributed by atoms with Crippen LogP contribution >= 0.6 is 27.5 Å². The van der Waals surface area contributed by atoms with E-state index < -0.39 is 0 Å². The highest BCUT2D eigenvalue weighted by Crippen LogP contribution is 2.29. The fourth-order valence-corrected chi connectivity index (χ4v) is 3.51. The Morgan fingerprint density at radius 2 is 1.92 bits per heavy atom. The van der Waals surface area contributed by atoms with Crippen LogP contribution in [-0.4, -0.2) is 22.7 Å². The summed E-state index contributed by atoms with van der Waals surface area (Å²) in [6.45, 7) is 3.91. The van der Waals surface area contributed by atoms with Gasteiger partial charge in [0.05, 0.1) is 33.9 Å². The van der Waals surface area contributed by atoms with Gasteiger partial charge in [-0.25, -0.2) is 4.68 Å². The molecule has 25 heavy (non-hydrogen) atoms. The number of hydrogen-bond acceptors (Lipinski definition) is 2. The number of para-hydroxylation sites is 1. The number of amides is 1. The molecule has 3 rings (SSSR count). The van der Waals surface area contributed by atoms with Crippen LogP contribution in [0.4, 0.5) is 5.69 Å². The van der Waals surface area contributed by atoms with Gasteiger partial charge in [-0.05, 0) is 43.7 Å². The highest BCUT2D eigenvalue weighted by molar-refractivity contribution is 9.10. The van der Waals surface area contributed by atoms with Crippen molar-refractivity contribution in [2.75, 3.05) is 11.9 Å². The van der Waals surface area contributed by atoms with Gasteiger partial charge in [0.15, 0.2) is 0 Å². The van der Waals surface area contributed by atoms with E-state index in [4.69, 9.17) is 11.6 Å². The number of halogens is 2. The summed E-state index contributed by atoms with van der Waals surface area (Å²) in [4.78, 5) is 14.5. The Kier molecular flexibility index (Phi) is 4.97. The molecule has 0 saturated carbocycles. The lowest BCUT2D eigenvalue weighted by Crippen LogP contribution is -2.27. The van der Waals surface area contributed by atoms with Gasteiger partial charge in [-0.2, -0.15) is 5.10 Å². The zero-order chi connectivity index (χ0) is 18.1. The van der Waals surface area contributed by atoms with Crippen LogP contribution in [0.25, 0.3) is 5.69 Å². The third-order valence-corrected chi connectivity index (χ3v) is 4.96. The standard InChI is InChI=1S/C19H17BrClN3O/c1-12-6-4-5-7-17(12)24-13(2)15(11-22-24)19(25)23(3)18-9-8-14(20)10-16(18)21/h4-11H,1-3H3. The van der Waals surface area contributed by atoms with Crippen molar-refractivity contribution in [3.05, 3.63) is 75.0 Å². The molecule has 0 bridgehead atoms. The van der Waals surface area contributed by atoms with E-state index in [9.17, 15) is 4.79 Å². The minimum Gasteiger partial charge on any atom is -0.310 e. The second-order valence-electron chi connectivity index (χ2n) is 5.80. The number of benzene rings is 2. The van der Waals surface area contributed by atoms with Gasteiger partial charge < -0.3 is 4.90 Å². The number of carbonyl (C=O) groups is 1. The lowest BCUT2D eigenvalue weighted by Gasteiger charge is -2.19. The van der Waals surface area contributed by atoms with Crippen molar-refractivity contribution >= 4 is 39.1 Å². The molecule has 2 aromatic carbocycles. The van der Waals surface area contributed by atoms with E-state index in [0.717, 1.165) is 21.4 Å². The third-order valence-electron chi connectivity index (χ3n) is 4.16. The number of carbonyl (C=O) groups excluding carboxylic acids is 1. The minimum atomic E-state index is -0.151. The Labute approximate surface area is 160 Å². The highest BCUT2D eigenvalue weighted by atomic mass is 79.9. The predicted octanol–water partition coefficient (Wildman–Crippen LogP) is 5.18. The lowest BCUT2D eigenvalue weighted by atomic mass is 10.2. The molecule has 0 aliphatic rings. The number of nitrogens with zero attached hydrogens (tertiary/aromatic N) is 3. The van der Waals surface area contributed by atoms with Crippen LogP contribution in [-0.2, 0) is 0 Å². The number of hydrogen-bond donors (Lipinski definition) is 0. The number of aromatic nitrogens is 2. The van der Waals surface area contributed by atoms with E-state index in [1.165, 1.54) is 0 Å². The fraction of sp³-hybridized carbons (Fsp3) is 0.158. The Hall–Kier alpha value is -2.11. The molecule has 1 aromatic heterocycles.